The van der Waals surface area contributed by atoms with E-state index in [-0.39, 0.29) is 16.3 Å². The molecule has 5 rings (SSSR count). The van der Waals surface area contributed by atoms with E-state index in [9.17, 15) is 22.8 Å². The second-order valence-electron chi connectivity index (χ2n) is 7.74. The lowest BCUT2D eigenvalue weighted by Gasteiger charge is -2.11. The zero-order valence-corrected chi connectivity index (χ0v) is 18.8. The minimum Gasteiger partial charge on any atom is -0.397 e. The number of aromatic nitrogens is 3. The maximum absolute atomic E-state index is 13.2. The van der Waals surface area contributed by atoms with Gasteiger partial charge in [-0.3, -0.25) is 9.32 Å². The van der Waals surface area contributed by atoms with E-state index in [1.54, 1.807) is 6.07 Å². The van der Waals surface area contributed by atoms with E-state index in [2.05, 4.69) is 14.8 Å². The third kappa shape index (κ3) is 3.89. The number of hydrogen-bond donors (Lipinski definition) is 2. The normalized spacial score (nSPS) is 11.8. The van der Waals surface area contributed by atoms with Gasteiger partial charge in [-0.05, 0) is 34.6 Å². The summed E-state index contributed by atoms with van der Waals surface area (Å²) in [6, 6.07) is 15.6. The molecule has 2 aromatic carbocycles. The molecule has 176 valence electrons. The van der Waals surface area contributed by atoms with Gasteiger partial charge in [-0.15, -0.1) is 11.3 Å². The number of nitrogen functional groups attached to an aromatic ring is 1. The van der Waals surface area contributed by atoms with Gasteiger partial charge >= 0.3 is 17.5 Å². The summed E-state index contributed by atoms with van der Waals surface area (Å²) in [7, 11) is 1.45. The summed E-state index contributed by atoms with van der Waals surface area (Å²) in [6.07, 6.45) is -4.48. The molecule has 0 bridgehead atoms. The van der Waals surface area contributed by atoms with Gasteiger partial charge in [-0.1, -0.05) is 47.1 Å². The van der Waals surface area contributed by atoms with E-state index in [4.69, 9.17) is 5.73 Å². The average molecular weight is 497 g/mol. The molecule has 11 heteroatoms. The summed E-state index contributed by atoms with van der Waals surface area (Å²) in [5.74, 6) is -0.650. The van der Waals surface area contributed by atoms with Crippen molar-refractivity contribution in [3.05, 3.63) is 87.2 Å². The minimum absolute atomic E-state index is 0.0772. The second kappa shape index (κ2) is 8.20. The number of pyridine rings is 1. The molecule has 0 aliphatic rings. The Bertz CT molecular complexity index is 1640. The SMILES string of the molecule is C[n+]1[nH]oc(=O)c1C(=O)c1sc2nc(-c3ccccc3)cc(-c3ccc(C(F)(F)F)cc3)c2c1N. The van der Waals surface area contributed by atoms with Gasteiger partial charge < -0.3 is 5.73 Å². The summed E-state index contributed by atoms with van der Waals surface area (Å²) in [4.78, 5) is 30.4. The fourth-order valence-corrected chi connectivity index (χ4v) is 4.87. The lowest BCUT2D eigenvalue weighted by molar-refractivity contribution is -0.741. The van der Waals surface area contributed by atoms with E-state index in [0.29, 0.717) is 27.0 Å². The van der Waals surface area contributed by atoms with Crippen LogP contribution in [0, 0.1) is 0 Å². The number of halogens is 3. The van der Waals surface area contributed by atoms with Gasteiger partial charge in [-0.2, -0.15) is 13.2 Å². The first-order chi connectivity index (χ1) is 16.6. The molecule has 0 atom stereocenters. The molecule has 35 heavy (non-hydrogen) atoms. The third-order valence-electron chi connectivity index (χ3n) is 5.52. The van der Waals surface area contributed by atoms with Crippen molar-refractivity contribution in [3.63, 3.8) is 0 Å². The number of carbonyl (C=O) groups excluding carboxylic acids is 1. The van der Waals surface area contributed by atoms with Crippen LogP contribution in [-0.2, 0) is 13.2 Å². The molecule has 5 aromatic rings. The number of aryl methyl sites for hydroxylation is 1. The summed E-state index contributed by atoms with van der Waals surface area (Å²) in [5.41, 5.74) is 6.91. The van der Waals surface area contributed by atoms with E-state index < -0.39 is 23.1 Å². The summed E-state index contributed by atoms with van der Waals surface area (Å²) < 4.78 is 45.2. The van der Waals surface area contributed by atoms with Crippen LogP contribution < -0.4 is 16.0 Å². The van der Waals surface area contributed by atoms with E-state index in [1.165, 1.54) is 19.2 Å². The first-order valence-corrected chi connectivity index (χ1v) is 11.0. The number of nitrogens with zero attached hydrogens (tertiary/aromatic N) is 2. The Morgan fingerprint density at radius 1 is 1.09 bits per heavy atom. The Morgan fingerprint density at radius 3 is 2.37 bits per heavy atom. The van der Waals surface area contributed by atoms with E-state index in [0.717, 1.165) is 33.7 Å². The van der Waals surface area contributed by atoms with Crippen LogP contribution in [0.1, 0.15) is 20.9 Å². The quantitative estimate of drug-likeness (QED) is 0.280. The molecule has 3 N–H and O–H groups in total. The number of anilines is 1. The molecule has 3 heterocycles. The van der Waals surface area contributed by atoms with Crippen LogP contribution in [0.4, 0.5) is 18.9 Å². The van der Waals surface area contributed by atoms with Gasteiger partial charge in [-0.25, -0.2) is 9.78 Å². The van der Waals surface area contributed by atoms with Crippen molar-refractivity contribution in [3.8, 4) is 22.4 Å². The predicted molar refractivity (Wildman–Crippen MR) is 124 cm³/mol. The number of carbonyl (C=O) groups is 1. The molecular weight excluding hydrogens is 481 g/mol. The predicted octanol–water partition coefficient (Wildman–Crippen LogP) is 4.57. The highest BCUT2D eigenvalue weighted by molar-refractivity contribution is 7.21. The number of ketones is 1. The van der Waals surface area contributed by atoms with Crippen LogP contribution >= 0.6 is 11.3 Å². The lowest BCUT2D eigenvalue weighted by Crippen LogP contribution is -2.39. The summed E-state index contributed by atoms with van der Waals surface area (Å²) in [5, 5.41) is 2.71. The van der Waals surface area contributed by atoms with Gasteiger partial charge in [0.1, 0.15) is 9.71 Å². The van der Waals surface area contributed by atoms with Crippen molar-refractivity contribution in [2.24, 2.45) is 7.05 Å². The number of hydrogen-bond acceptors (Lipinski definition) is 6. The number of fused-ring (bicyclic) bond motifs is 1. The Labute approximate surface area is 199 Å². The number of thiophene rings is 1. The number of nitrogens with two attached hydrogens (primary N) is 1. The molecule has 0 unspecified atom stereocenters. The Morgan fingerprint density at radius 2 is 1.77 bits per heavy atom. The highest BCUT2D eigenvalue weighted by Crippen LogP contribution is 2.42. The smallest absolute Gasteiger partial charge is 0.397 e. The number of H-pyrrole nitrogens is 1. The average Bonchev–Trinajstić information content (AvgIpc) is 3.36. The second-order valence-corrected chi connectivity index (χ2v) is 8.74. The molecule has 3 aromatic heterocycles. The van der Waals surface area contributed by atoms with Crippen molar-refractivity contribution < 1.29 is 27.2 Å². The molecule has 7 nitrogen and oxygen atoms in total. The van der Waals surface area contributed by atoms with Gasteiger partial charge in [0.25, 0.3) is 5.78 Å². The van der Waals surface area contributed by atoms with Gasteiger partial charge in [0, 0.05) is 10.9 Å². The highest BCUT2D eigenvalue weighted by Gasteiger charge is 2.33. The van der Waals surface area contributed by atoms with Crippen LogP contribution in [0.3, 0.4) is 0 Å². The van der Waals surface area contributed by atoms with Crippen molar-refractivity contribution in [1.82, 2.24) is 10.3 Å². The third-order valence-corrected chi connectivity index (χ3v) is 6.62. The van der Waals surface area contributed by atoms with Crippen molar-refractivity contribution in [2.45, 2.75) is 6.18 Å². The first kappa shape index (κ1) is 22.5. The Kier molecular flexibility index (Phi) is 5.28. The number of benzene rings is 2. The maximum atomic E-state index is 13.2. The largest absolute Gasteiger partial charge is 0.438 e. The number of rotatable bonds is 4. The fourth-order valence-electron chi connectivity index (χ4n) is 3.81. The highest BCUT2D eigenvalue weighted by atomic mass is 32.1. The van der Waals surface area contributed by atoms with Crippen LogP contribution in [0.15, 0.2) is 70.0 Å². The van der Waals surface area contributed by atoms with Crippen LogP contribution in [0.25, 0.3) is 32.6 Å². The van der Waals surface area contributed by atoms with Crippen molar-refractivity contribution >= 4 is 33.0 Å². The zero-order valence-electron chi connectivity index (χ0n) is 18.0. The van der Waals surface area contributed by atoms with Crippen LogP contribution in [0.2, 0.25) is 0 Å². The van der Waals surface area contributed by atoms with Crippen LogP contribution in [-0.4, -0.2) is 16.0 Å². The monoisotopic (exact) mass is 497 g/mol. The molecule has 0 amide bonds. The molecule has 0 saturated carbocycles. The minimum atomic E-state index is -4.48. The van der Waals surface area contributed by atoms with Crippen molar-refractivity contribution in [1.29, 1.82) is 0 Å². The zero-order chi connectivity index (χ0) is 24.9. The molecule has 0 aliphatic heterocycles. The summed E-state index contributed by atoms with van der Waals surface area (Å²) >= 11 is 0.999. The number of aromatic amines is 1. The standard InChI is InChI=1S/C24H15F3N4O3S/c1-31-19(23(33)34-30-31)20(32)21-18(28)17-15(12-7-9-14(10-8-12)24(25,26)27)11-16(29-22(17)35-21)13-5-3-2-4-6-13/h2-11H,1H3,(H2-,28,30,32,33)/p+1. The van der Waals surface area contributed by atoms with Crippen LogP contribution in [0.5, 0.6) is 0 Å². The molecule has 0 fully saturated rings. The molecule has 0 aliphatic carbocycles. The van der Waals surface area contributed by atoms with Gasteiger partial charge in [0.05, 0.1) is 16.9 Å². The van der Waals surface area contributed by atoms with Gasteiger partial charge in [0.15, 0.2) is 7.05 Å². The topological polar surface area (TPSA) is 106 Å². The Hall–Kier alpha value is -4.25. The van der Waals surface area contributed by atoms with E-state index >= 15 is 0 Å². The van der Waals surface area contributed by atoms with Crippen molar-refractivity contribution in [2.75, 3.05) is 5.73 Å². The lowest BCUT2D eigenvalue weighted by atomic mass is 9.98. The number of alkyl halides is 3. The molecule has 0 spiro atoms. The van der Waals surface area contributed by atoms with Gasteiger partial charge in [0.2, 0.25) is 0 Å². The summed E-state index contributed by atoms with van der Waals surface area (Å²) in [6.45, 7) is 0. The maximum Gasteiger partial charge on any atom is 0.438 e. The van der Waals surface area contributed by atoms with E-state index in [1.807, 2.05) is 30.3 Å². The number of nitrogens with one attached hydrogen (secondary N) is 1. The molecule has 0 radical (unpaired) electrons. The fraction of sp³-hybridized carbons (Fsp3) is 0.0833. The first-order valence-electron chi connectivity index (χ1n) is 10.2. The Balaban J connectivity index is 1.76. The molecular formula is C24H16F3N4O3S+. The molecule has 0 saturated heterocycles.